The molecule has 0 radical (unpaired) electrons. The van der Waals surface area contributed by atoms with Gasteiger partial charge in [0, 0.05) is 39.1 Å². The summed E-state index contributed by atoms with van der Waals surface area (Å²) in [5, 5.41) is 2.87. The van der Waals surface area contributed by atoms with E-state index in [4.69, 9.17) is 4.74 Å². The summed E-state index contributed by atoms with van der Waals surface area (Å²) in [7, 11) is 1.72. The summed E-state index contributed by atoms with van der Waals surface area (Å²) in [6.45, 7) is 4.81. The molecule has 8 nitrogen and oxygen atoms in total. The van der Waals surface area contributed by atoms with Gasteiger partial charge in [0.05, 0.1) is 37.5 Å². The minimum absolute atomic E-state index is 0.102. The van der Waals surface area contributed by atoms with E-state index in [0.29, 0.717) is 38.5 Å². The smallest absolute Gasteiger partial charge is 0.237 e. The number of hydrogen-bond acceptors (Lipinski definition) is 6. The summed E-state index contributed by atoms with van der Waals surface area (Å²) in [5.41, 5.74) is 1.79. The summed E-state index contributed by atoms with van der Waals surface area (Å²) in [5.74, 6) is 0.614. The number of hydrogen-bond donors (Lipinski definition) is 1. The van der Waals surface area contributed by atoms with Crippen molar-refractivity contribution in [3.63, 3.8) is 0 Å². The van der Waals surface area contributed by atoms with Gasteiger partial charge < -0.3 is 15.0 Å². The molecule has 0 bridgehead atoms. The Morgan fingerprint density at radius 3 is 2.79 bits per heavy atom. The van der Waals surface area contributed by atoms with E-state index < -0.39 is 6.04 Å². The molecule has 1 aliphatic rings. The van der Waals surface area contributed by atoms with Crippen LogP contribution in [-0.2, 0) is 22.7 Å². The van der Waals surface area contributed by atoms with Gasteiger partial charge in [-0.2, -0.15) is 0 Å². The molecule has 154 valence electrons. The zero-order valence-electron chi connectivity index (χ0n) is 16.9. The Bertz CT molecular complexity index is 813. The Balaban J connectivity index is 1.63. The van der Waals surface area contributed by atoms with Crippen LogP contribution >= 0.6 is 0 Å². The maximum absolute atomic E-state index is 12.7. The van der Waals surface area contributed by atoms with E-state index in [1.807, 2.05) is 31.2 Å². The normalized spacial score (nSPS) is 16.9. The standard InChI is InChI=1S/C21H27N5O3/c1-3-29-18-6-4-16(5-7-18)14-26-11-10-24-21(28)19(26)12-20(27)25(2)15-17-13-22-8-9-23-17/h4-9,13,19H,3,10-12,14-15H2,1-2H3,(H,24,28)/t19-/m0/s1. The van der Waals surface area contributed by atoms with Gasteiger partial charge in [-0.15, -0.1) is 0 Å². The lowest BCUT2D eigenvalue weighted by Crippen LogP contribution is -2.56. The number of carbonyl (C=O) groups is 2. The lowest BCUT2D eigenvalue weighted by atomic mass is 10.1. The van der Waals surface area contributed by atoms with Gasteiger partial charge in [-0.25, -0.2) is 0 Å². The molecule has 1 fully saturated rings. The third-order valence-corrected chi connectivity index (χ3v) is 4.87. The highest BCUT2D eigenvalue weighted by Gasteiger charge is 2.32. The van der Waals surface area contributed by atoms with Crippen LogP contribution in [0.4, 0.5) is 0 Å². The number of piperazine rings is 1. The molecule has 1 atom stereocenters. The maximum atomic E-state index is 12.7. The Hall–Kier alpha value is -3.00. The largest absolute Gasteiger partial charge is 0.494 e. The van der Waals surface area contributed by atoms with Crippen LogP contribution in [-0.4, -0.2) is 64.4 Å². The van der Waals surface area contributed by atoms with Crippen molar-refractivity contribution in [3.8, 4) is 5.75 Å². The minimum atomic E-state index is -0.493. The van der Waals surface area contributed by atoms with Gasteiger partial charge in [-0.05, 0) is 24.6 Å². The van der Waals surface area contributed by atoms with E-state index in [9.17, 15) is 9.59 Å². The SMILES string of the molecule is CCOc1ccc(CN2CCNC(=O)[C@@H]2CC(=O)N(C)Cc2cnccn2)cc1. The van der Waals surface area contributed by atoms with Crippen molar-refractivity contribution in [2.75, 3.05) is 26.7 Å². The monoisotopic (exact) mass is 397 g/mol. The van der Waals surface area contributed by atoms with Crippen molar-refractivity contribution in [2.45, 2.75) is 32.5 Å². The van der Waals surface area contributed by atoms with Crippen LogP contribution < -0.4 is 10.1 Å². The molecule has 0 spiro atoms. The number of ether oxygens (including phenoxy) is 1. The second-order valence-electron chi connectivity index (χ2n) is 7.00. The zero-order chi connectivity index (χ0) is 20.6. The number of amides is 2. The summed E-state index contributed by atoms with van der Waals surface area (Å²) in [4.78, 5) is 37.1. The van der Waals surface area contributed by atoms with E-state index in [-0.39, 0.29) is 18.2 Å². The van der Waals surface area contributed by atoms with Crippen LogP contribution in [0.15, 0.2) is 42.9 Å². The molecule has 29 heavy (non-hydrogen) atoms. The summed E-state index contributed by atoms with van der Waals surface area (Å²) >= 11 is 0. The molecular weight excluding hydrogens is 370 g/mol. The predicted octanol–water partition coefficient (Wildman–Crippen LogP) is 1.22. The number of aromatic nitrogens is 2. The highest BCUT2D eigenvalue weighted by Crippen LogP contribution is 2.18. The van der Waals surface area contributed by atoms with E-state index in [1.54, 1.807) is 30.5 Å². The van der Waals surface area contributed by atoms with Gasteiger partial charge in [0.2, 0.25) is 11.8 Å². The first kappa shape index (κ1) is 20.7. The van der Waals surface area contributed by atoms with E-state index in [0.717, 1.165) is 11.3 Å². The van der Waals surface area contributed by atoms with Crippen molar-refractivity contribution < 1.29 is 14.3 Å². The van der Waals surface area contributed by atoms with Gasteiger partial charge >= 0.3 is 0 Å². The van der Waals surface area contributed by atoms with Crippen molar-refractivity contribution in [3.05, 3.63) is 54.1 Å². The average Bonchev–Trinajstić information content (AvgIpc) is 2.73. The maximum Gasteiger partial charge on any atom is 0.237 e. The van der Waals surface area contributed by atoms with Gasteiger partial charge in [0.1, 0.15) is 5.75 Å². The van der Waals surface area contributed by atoms with E-state index in [2.05, 4.69) is 20.2 Å². The Kier molecular flexibility index (Phi) is 7.13. The minimum Gasteiger partial charge on any atom is -0.494 e. The van der Waals surface area contributed by atoms with E-state index >= 15 is 0 Å². The Morgan fingerprint density at radius 2 is 2.10 bits per heavy atom. The fourth-order valence-corrected chi connectivity index (χ4v) is 3.33. The summed E-state index contributed by atoms with van der Waals surface area (Å²) < 4.78 is 5.48. The lowest BCUT2D eigenvalue weighted by Gasteiger charge is -2.35. The molecule has 1 aliphatic heterocycles. The average molecular weight is 397 g/mol. The molecule has 1 saturated heterocycles. The fourth-order valence-electron chi connectivity index (χ4n) is 3.33. The number of rotatable bonds is 8. The second kappa shape index (κ2) is 9.97. The first-order valence-corrected chi connectivity index (χ1v) is 9.79. The topological polar surface area (TPSA) is 87.7 Å². The molecule has 1 aromatic carbocycles. The number of nitrogens with zero attached hydrogens (tertiary/aromatic N) is 4. The first-order chi connectivity index (χ1) is 14.1. The van der Waals surface area contributed by atoms with Crippen molar-refractivity contribution in [1.82, 2.24) is 25.1 Å². The molecule has 3 rings (SSSR count). The highest BCUT2D eigenvalue weighted by molar-refractivity contribution is 5.88. The third kappa shape index (κ3) is 5.74. The Labute approximate surface area is 170 Å². The van der Waals surface area contributed by atoms with Crippen molar-refractivity contribution in [1.29, 1.82) is 0 Å². The first-order valence-electron chi connectivity index (χ1n) is 9.79. The zero-order valence-corrected chi connectivity index (χ0v) is 16.9. The third-order valence-electron chi connectivity index (χ3n) is 4.87. The molecule has 2 aromatic rings. The number of carbonyl (C=O) groups excluding carboxylic acids is 2. The molecule has 1 aromatic heterocycles. The van der Waals surface area contributed by atoms with E-state index in [1.165, 1.54) is 0 Å². The van der Waals surface area contributed by atoms with Crippen LogP contribution in [0, 0.1) is 0 Å². The van der Waals surface area contributed by atoms with Crippen molar-refractivity contribution in [2.24, 2.45) is 0 Å². The Morgan fingerprint density at radius 1 is 1.31 bits per heavy atom. The lowest BCUT2D eigenvalue weighted by molar-refractivity contribution is -0.138. The van der Waals surface area contributed by atoms with Crippen LogP contribution in [0.3, 0.4) is 0 Å². The second-order valence-corrected chi connectivity index (χ2v) is 7.00. The van der Waals surface area contributed by atoms with Gasteiger partial charge in [-0.3, -0.25) is 24.5 Å². The van der Waals surface area contributed by atoms with Crippen LogP contribution in [0.2, 0.25) is 0 Å². The molecule has 0 aliphatic carbocycles. The van der Waals surface area contributed by atoms with Crippen molar-refractivity contribution >= 4 is 11.8 Å². The summed E-state index contributed by atoms with van der Waals surface area (Å²) in [6, 6.07) is 7.36. The van der Waals surface area contributed by atoms with Crippen LogP contribution in [0.25, 0.3) is 0 Å². The molecule has 0 saturated carbocycles. The quantitative estimate of drug-likeness (QED) is 0.721. The predicted molar refractivity (Wildman–Crippen MR) is 108 cm³/mol. The van der Waals surface area contributed by atoms with Gasteiger partial charge in [0.15, 0.2) is 0 Å². The highest BCUT2D eigenvalue weighted by atomic mass is 16.5. The number of nitrogens with one attached hydrogen (secondary N) is 1. The molecular formula is C21H27N5O3. The van der Waals surface area contributed by atoms with Gasteiger partial charge in [0.25, 0.3) is 0 Å². The molecule has 1 N–H and O–H groups in total. The molecule has 2 amide bonds. The molecule has 2 heterocycles. The van der Waals surface area contributed by atoms with Gasteiger partial charge in [-0.1, -0.05) is 12.1 Å². The summed E-state index contributed by atoms with van der Waals surface area (Å²) in [6.07, 6.45) is 4.95. The fraction of sp³-hybridized carbons (Fsp3) is 0.429. The van der Waals surface area contributed by atoms with Crippen LogP contribution in [0.5, 0.6) is 5.75 Å². The molecule has 8 heteroatoms. The molecule has 0 unspecified atom stereocenters. The van der Waals surface area contributed by atoms with Crippen LogP contribution in [0.1, 0.15) is 24.6 Å². The number of benzene rings is 1.